The smallest absolute Gasteiger partial charge is 0.252 e. The van der Waals surface area contributed by atoms with Crippen LogP contribution in [0.3, 0.4) is 0 Å². The van der Waals surface area contributed by atoms with Crippen molar-refractivity contribution in [3.63, 3.8) is 0 Å². The fourth-order valence-corrected chi connectivity index (χ4v) is 1.49. The Morgan fingerprint density at radius 1 is 1.22 bits per heavy atom. The van der Waals surface area contributed by atoms with Crippen molar-refractivity contribution >= 4 is 11.7 Å². The molecule has 0 saturated carbocycles. The topological polar surface area (TPSA) is 80.9 Å². The van der Waals surface area contributed by atoms with Gasteiger partial charge in [-0.2, -0.15) is 0 Å². The number of amides is 1. The first-order valence-corrected chi connectivity index (χ1v) is 5.65. The van der Waals surface area contributed by atoms with E-state index in [9.17, 15) is 4.79 Å². The number of rotatable bonds is 4. The van der Waals surface area contributed by atoms with Crippen LogP contribution in [0.15, 0.2) is 42.7 Å². The number of anilines is 1. The molecule has 5 nitrogen and oxygen atoms in total. The van der Waals surface area contributed by atoms with Crippen LogP contribution < -0.4 is 11.1 Å². The first-order chi connectivity index (χ1) is 8.75. The van der Waals surface area contributed by atoms with Crippen LogP contribution in [-0.4, -0.2) is 22.4 Å². The summed E-state index contributed by atoms with van der Waals surface area (Å²) in [5.41, 5.74) is 6.91. The molecule has 0 aliphatic heterocycles. The lowest BCUT2D eigenvalue weighted by atomic mass is 10.2. The molecule has 0 atom stereocenters. The maximum atomic E-state index is 11.7. The first-order valence-electron chi connectivity index (χ1n) is 5.65. The highest BCUT2D eigenvalue weighted by Crippen LogP contribution is 2.01. The standard InChI is InChI=1S/C13H14N4O/c14-12-5-4-10(9-17-12)13(18)16-8-6-11-3-1-2-7-15-11/h1-5,7,9H,6,8H2,(H2,14,17)(H,16,18). The van der Waals surface area contributed by atoms with E-state index in [0.29, 0.717) is 24.3 Å². The van der Waals surface area contributed by atoms with E-state index in [-0.39, 0.29) is 5.91 Å². The number of carbonyl (C=O) groups excluding carboxylic acids is 1. The minimum atomic E-state index is -0.154. The lowest BCUT2D eigenvalue weighted by Gasteiger charge is -2.04. The molecule has 2 aromatic rings. The van der Waals surface area contributed by atoms with E-state index in [1.54, 1.807) is 18.3 Å². The Labute approximate surface area is 105 Å². The van der Waals surface area contributed by atoms with Crippen molar-refractivity contribution < 1.29 is 4.79 Å². The summed E-state index contributed by atoms with van der Waals surface area (Å²) in [6.45, 7) is 0.542. The van der Waals surface area contributed by atoms with Crippen LogP contribution in [-0.2, 0) is 6.42 Å². The molecule has 18 heavy (non-hydrogen) atoms. The van der Waals surface area contributed by atoms with Crippen LogP contribution in [0.5, 0.6) is 0 Å². The molecule has 2 rings (SSSR count). The van der Waals surface area contributed by atoms with Gasteiger partial charge in [0.1, 0.15) is 5.82 Å². The Kier molecular flexibility index (Phi) is 3.86. The van der Waals surface area contributed by atoms with Gasteiger partial charge in [-0.1, -0.05) is 6.07 Å². The van der Waals surface area contributed by atoms with Crippen molar-refractivity contribution in [2.45, 2.75) is 6.42 Å². The number of aromatic nitrogens is 2. The fourth-order valence-electron chi connectivity index (χ4n) is 1.49. The number of hydrogen-bond acceptors (Lipinski definition) is 4. The van der Waals surface area contributed by atoms with Crippen LogP contribution in [0.1, 0.15) is 16.1 Å². The second kappa shape index (κ2) is 5.77. The lowest BCUT2D eigenvalue weighted by molar-refractivity contribution is 0.0954. The van der Waals surface area contributed by atoms with Crippen LogP contribution in [0.25, 0.3) is 0 Å². The van der Waals surface area contributed by atoms with E-state index < -0.39 is 0 Å². The number of pyridine rings is 2. The predicted octanol–water partition coefficient (Wildman–Crippen LogP) is 1.03. The number of hydrogen-bond donors (Lipinski definition) is 2. The maximum absolute atomic E-state index is 11.7. The van der Waals surface area contributed by atoms with E-state index in [2.05, 4.69) is 15.3 Å². The summed E-state index contributed by atoms with van der Waals surface area (Å²) >= 11 is 0. The number of carbonyl (C=O) groups is 1. The SMILES string of the molecule is Nc1ccc(C(=O)NCCc2ccccn2)cn1. The summed E-state index contributed by atoms with van der Waals surface area (Å²) in [5, 5.41) is 2.81. The minimum Gasteiger partial charge on any atom is -0.384 e. The Balaban J connectivity index is 1.84. The number of nitrogens with zero attached hydrogens (tertiary/aromatic N) is 2. The molecule has 3 N–H and O–H groups in total. The van der Waals surface area contributed by atoms with E-state index in [1.807, 2.05) is 18.2 Å². The van der Waals surface area contributed by atoms with Crippen LogP contribution >= 0.6 is 0 Å². The molecular weight excluding hydrogens is 228 g/mol. The molecule has 5 heteroatoms. The molecule has 2 aromatic heterocycles. The molecule has 0 spiro atoms. The first kappa shape index (κ1) is 12.0. The van der Waals surface area contributed by atoms with Crippen molar-refractivity contribution in [1.29, 1.82) is 0 Å². The van der Waals surface area contributed by atoms with Crippen molar-refractivity contribution in [2.75, 3.05) is 12.3 Å². The summed E-state index contributed by atoms with van der Waals surface area (Å²) in [6.07, 6.45) is 3.90. The number of nitrogen functional groups attached to an aromatic ring is 1. The second-order valence-corrected chi connectivity index (χ2v) is 3.80. The van der Waals surface area contributed by atoms with E-state index in [1.165, 1.54) is 6.20 Å². The van der Waals surface area contributed by atoms with Crippen LogP contribution in [0, 0.1) is 0 Å². The van der Waals surface area contributed by atoms with Gasteiger partial charge in [0, 0.05) is 31.1 Å². The summed E-state index contributed by atoms with van der Waals surface area (Å²) in [7, 11) is 0. The molecule has 0 aliphatic rings. The van der Waals surface area contributed by atoms with E-state index in [4.69, 9.17) is 5.73 Å². The molecule has 92 valence electrons. The molecule has 2 heterocycles. The normalized spacial score (nSPS) is 10.0. The summed E-state index contributed by atoms with van der Waals surface area (Å²) in [5.74, 6) is 0.249. The fraction of sp³-hybridized carbons (Fsp3) is 0.154. The molecule has 0 fully saturated rings. The van der Waals surface area contributed by atoms with Gasteiger partial charge in [-0.05, 0) is 24.3 Å². The van der Waals surface area contributed by atoms with Crippen molar-refractivity contribution in [3.8, 4) is 0 Å². The Bertz CT molecular complexity index is 510. The van der Waals surface area contributed by atoms with Gasteiger partial charge in [0.05, 0.1) is 5.56 Å². The van der Waals surface area contributed by atoms with Gasteiger partial charge in [-0.25, -0.2) is 4.98 Å². The summed E-state index contributed by atoms with van der Waals surface area (Å²) in [4.78, 5) is 19.8. The highest BCUT2D eigenvalue weighted by atomic mass is 16.1. The minimum absolute atomic E-state index is 0.154. The summed E-state index contributed by atoms with van der Waals surface area (Å²) in [6, 6.07) is 8.97. The Morgan fingerprint density at radius 3 is 2.78 bits per heavy atom. The van der Waals surface area contributed by atoms with Crippen molar-refractivity contribution in [1.82, 2.24) is 15.3 Å². The van der Waals surface area contributed by atoms with Crippen molar-refractivity contribution in [3.05, 3.63) is 54.0 Å². The highest BCUT2D eigenvalue weighted by molar-refractivity contribution is 5.93. The van der Waals surface area contributed by atoms with Gasteiger partial charge in [0.2, 0.25) is 0 Å². The number of nitrogens with one attached hydrogen (secondary N) is 1. The maximum Gasteiger partial charge on any atom is 0.252 e. The van der Waals surface area contributed by atoms with Crippen LogP contribution in [0.4, 0.5) is 5.82 Å². The average molecular weight is 242 g/mol. The highest BCUT2D eigenvalue weighted by Gasteiger charge is 2.04. The third-order valence-electron chi connectivity index (χ3n) is 2.44. The molecule has 0 aliphatic carbocycles. The van der Waals surface area contributed by atoms with E-state index >= 15 is 0 Å². The van der Waals surface area contributed by atoms with Gasteiger partial charge in [-0.15, -0.1) is 0 Å². The average Bonchev–Trinajstić information content (AvgIpc) is 2.40. The molecule has 0 radical (unpaired) electrons. The quantitative estimate of drug-likeness (QED) is 0.839. The zero-order valence-corrected chi connectivity index (χ0v) is 9.84. The monoisotopic (exact) mass is 242 g/mol. The van der Waals surface area contributed by atoms with Gasteiger partial charge < -0.3 is 11.1 Å². The van der Waals surface area contributed by atoms with Gasteiger partial charge in [-0.3, -0.25) is 9.78 Å². The molecule has 0 unspecified atom stereocenters. The van der Waals surface area contributed by atoms with E-state index in [0.717, 1.165) is 5.69 Å². The second-order valence-electron chi connectivity index (χ2n) is 3.80. The summed E-state index contributed by atoms with van der Waals surface area (Å²) < 4.78 is 0. The van der Waals surface area contributed by atoms with Gasteiger partial charge in [0.25, 0.3) is 5.91 Å². The Hall–Kier alpha value is -2.43. The Morgan fingerprint density at radius 2 is 2.11 bits per heavy atom. The molecule has 1 amide bonds. The third-order valence-corrected chi connectivity index (χ3v) is 2.44. The molecular formula is C13H14N4O. The zero-order chi connectivity index (χ0) is 12.8. The van der Waals surface area contributed by atoms with Crippen molar-refractivity contribution in [2.24, 2.45) is 0 Å². The largest absolute Gasteiger partial charge is 0.384 e. The number of nitrogens with two attached hydrogens (primary N) is 1. The third kappa shape index (κ3) is 3.28. The molecule has 0 saturated heterocycles. The lowest BCUT2D eigenvalue weighted by Crippen LogP contribution is -2.26. The molecule has 0 bridgehead atoms. The van der Waals surface area contributed by atoms with Crippen LogP contribution in [0.2, 0.25) is 0 Å². The van der Waals surface area contributed by atoms with Gasteiger partial charge >= 0.3 is 0 Å². The molecule has 0 aromatic carbocycles. The zero-order valence-electron chi connectivity index (χ0n) is 9.84. The van der Waals surface area contributed by atoms with Gasteiger partial charge in [0.15, 0.2) is 0 Å². The predicted molar refractivity (Wildman–Crippen MR) is 68.9 cm³/mol.